The monoisotopic (exact) mass is 390 g/mol. The molecule has 0 bridgehead atoms. The van der Waals surface area contributed by atoms with Crippen molar-refractivity contribution < 1.29 is 4.74 Å². The fraction of sp³-hybridized carbons (Fsp3) is 0.462. The molecule has 0 aromatic heterocycles. The molecule has 2 aromatic carbocycles. The quantitative estimate of drug-likeness (QED) is 0.427. The molecule has 3 nitrogen and oxygen atoms in total. The summed E-state index contributed by atoms with van der Waals surface area (Å²) in [6.45, 7) is 13.8. The second-order valence-corrected chi connectivity index (χ2v) is 9.38. The second-order valence-electron chi connectivity index (χ2n) is 9.38. The first-order valence-electron chi connectivity index (χ1n) is 10.6. The van der Waals surface area contributed by atoms with Crippen LogP contribution < -0.4 is 4.74 Å². The smallest absolute Gasteiger partial charge is 0.118 e. The Balaban J connectivity index is 1.96. The Labute approximate surface area is 175 Å². The molecule has 0 atom stereocenters. The van der Waals surface area contributed by atoms with Crippen molar-refractivity contribution in [3.05, 3.63) is 64.2 Å². The lowest BCUT2D eigenvalue weighted by Crippen LogP contribution is -2.34. The molecule has 0 saturated heterocycles. The third-order valence-electron chi connectivity index (χ3n) is 6.38. The van der Waals surface area contributed by atoms with Gasteiger partial charge in [0.1, 0.15) is 5.75 Å². The molecular formula is C26H34N2O. The molecule has 0 aliphatic heterocycles. The average molecular weight is 391 g/mol. The molecule has 0 amide bonds. The van der Waals surface area contributed by atoms with E-state index in [1.807, 2.05) is 24.3 Å². The fourth-order valence-corrected chi connectivity index (χ4v) is 4.21. The van der Waals surface area contributed by atoms with Gasteiger partial charge in [-0.3, -0.25) is 0 Å². The number of benzene rings is 2. The maximum atomic E-state index is 5.20. The van der Waals surface area contributed by atoms with E-state index in [0.717, 1.165) is 23.4 Å². The van der Waals surface area contributed by atoms with E-state index in [1.54, 1.807) is 13.3 Å². The number of fused-ring (bicyclic) bond motifs is 1. The molecule has 0 radical (unpaired) electrons. The van der Waals surface area contributed by atoms with Gasteiger partial charge in [-0.2, -0.15) is 10.2 Å². The molecule has 3 heteroatoms. The van der Waals surface area contributed by atoms with E-state index < -0.39 is 0 Å². The number of ether oxygens (including phenoxy) is 1. The van der Waals surface area contributed by atoms with Crippen LogP contribution in [0, 0.1) is 0 Å². The zero-order chi connectivity index (χ0) is 21.2. The molecule has 0 fully saturated rings. The van der Waals surface area contributed by atoms with Gasteiger partial charge >= 0.3 is 0 Å². The van der Waals surface area contributed by atoms with E-state index in [-0.39, 0.29) is 10.8 Å². The first kappa shape index (κ1) is 21.3. The summed E-state index contributed by atoms with van der Waals surface area (Å²) >= 11 is 0. The topological polar surface area (TPSA) is 34.0 Å². The molecule has 2 aromatic rings. The lowest BCUT2D eigenvalue weighted by molar-refractivity contribution is 0.331. The van der Waals surface area contributed by atoms with Crippen LogP contribution >= 0.6 is 0 Å². The highest BCUT2D eigenvalue weighted by Crippen LogP contribution is 2.46. The third kappa shape index (κ3) is 4.44. The predicted octanol–water partition coefficient (Wildman–Crippen LogP) is 6.45. The highest BCUT2D eigenvalue weighted by molar-refractivity contribution is 6.00. The number of hydrogen-bond donors (Lipinski definition) is 0. The lowest BCUT2D eigenvalue weighted by atomic mass is 9.62. The van der Waals surface area contributed by atoms with Gasteiger partial charge in [0.25, 0.3) is 0 Å². The molecule has 0 N–H and O–H groups in total. The lowest BCUT2D eigenvalue weighted by Gasteiger charge is -2.42. The SMILES string of the molecule is CCc1cc2c(cc1/C(C)=N/N=C/c1ccc(OC)cc1)C(C)(C)CCC2(C)C. The zero-order valence-electron chi connectivity index (χ0n) is 19.0. The highest BCUT2D eigenvalue weighted by Gasteiger charge is 2.37. The van der Waals surface area contributed by atoms with Crippen LogP contribution in [0.1, 0.15) is 82.2 Å². The van der Waals surface area contributed by atoms with Gasteiger partial charge in [-0.25, -0.2) is 0 Å². The molecule has 3 rings (SSSR count). The molecular weight excluding hydrogens is 356 g/mol. The van der Waals surface area contributed by atoms with Gasteiger partial charge in [0.2, 0.25) is 0 Å². The summed E-state index contributed by atoms with van der Waals surface area (Å²) in [7, 11) is 1.67. The van der Waals surface area contributed by atoms with Crippen LogP contribution in [0.15, 0.2) is 46.6 Å². The summed E-state index contributed by atoms with van der Waals surface area (Å²) in [4.78, 5) is 0. The van der Waals surface area contributed by atoms with Crippen molar-refractivity contribution in [2.45, 2.75) is 71.6 Å². The fourth-order valence-electron chi connectivity index (χ4n) is 4.21. The summed E-state index contributed by atoms with van der Waals surface area (Å²) < 4.78 is 5.20. The molecule has 154 valence electrons. The Morgan fingerprint density at radius 2 is 1.59 bits per heavy atom. The van der Waals surface area contributed by atoms with Crippen molar-refractivity contribution in [1.29, 1.82) is 0 Å². The normalized spacial score (nSPS) is 18.0. The average Bonchev–Trinajstić information content (AvgIpc) is 2.71. The van der Waals surface area contributed by atoms with Gasteiger partial charge in [0.15, 0.2) is 0 Å². The van der Waals surface area contributed by atoms with E-state index in [9.17, 15) is 0 Å². The predicted molar refractivity (Wildman–Crippen MR) is 124 cm³/mol. The van der Waals surface area contributed by atoms with Crippen LogP contribution in [0.3, 0.4) is 0 Å². The summed E-state index contributed by atoms with van der Waals surface area (Å²) in [6, 6.07) is 12.6. The van der Waals surface area contributed by atoms with Crippen LogP contribution in [0.4, 0.5) is 0 Å². The minimum atomic E-state index is 0.193. The largest absolute Gasteiger partial charge is 0.497 e. The molecule has 0 spiro atoms. The van der Waals surface area contributed by atoms with E-state index in [0.29, 0.717) is 0 Å². The molecule has 1 aliphatic rings. The Morgan fingerprint density at radius 3 is 2.14 bits per heavy atom. The Kier molecular flexibility index (Phi) is 5.97. The van der Waals surface area contributed by atoms with E-state index in [4.69, 9.17) is 4.74 Å². The van der Waals surface area contributed by atoms with Crippen molar-refractivity contribution in [2.75, 3.05) is 7.11 Å². The number of hydrogen-bond acceptors (Lipinski definition) is 3. The molecule has 0 unspecified atom stereocenters. The Hall–Kier alpha value is -2.42. The van der Waals surface area contributed by atoms with Gasteiger partial charge in [-0.05, 0) is 89.6 Å². The Morgan fingerprint density at radius 1 is 1.00 bits per heavy atom. The second kappa shape index (κ2) is 8.14. The maximum absolute atomic E-state index is 5.20. The first-order valence-corrected chi connectivity index (χ1v) is 10.6. The molecule has 29 heavy (non-hydrogen) atoms. The van der Waals surface area contributed by atoms with E-state index >= 15 is 0 Å². The van der Waals surface area contributed by atoms with Gasteiger partial charge in [0, 0.05) is 5.56 Å². The zero-order valence-corrected chi connectivity index (χ0v) is 19.0. The van der Waals surface area contributed by atoms with Gasteiger partial charge in [0.05, 0.1) is 19.0 Å². The van der Waals surface area contributed by atoms with Crippen molar-refractivity contribution in [3.8, 4) is 5.75 Å². The van der Waals surface area contributed by atoms with Crippen LogP contribution in [-0.4, -0.2) is 19.0 Å². The summed E-state index contributed by atoms with van der Waals surface area (Å²) in [6.07, 6.45) is 5.23. The maximum Gasteiger partial charge on any atom is 0.118 e. The third-order valence-corrected chi connectivity index (χ3v) is 6.38. The van der Waals surface area contributed by atoms with Gasteiger partial charge in [-0.15, -0.1) is 0 Å². The molecule has 0 saturated carbocycles. The van der Waals surface area contributed by atoms with Crippen LogP contribution in [0.2, 0.25) is 0 Å². The summed E-state index contributed by atoms with van der Waals surface area (Å²) in [5, 5.41) is 8.88. The summed E-state index contributed by atoms with van der Waals surface area (Å²) in [5.41, 5.74) is 7.95. The minimum absolute atomic E-state index is 0.193. The number of rotatable bonds is 5. The van der Waals surface area contributed by atoms with Gasteiger partial charge in [-0.1, -0.05) is 40.7 Å². The van der Waals surface area contributed by atoms with Crippen LogP contribution in [0.25, 0.3) is 0 Å². The summed E-state index contributed by atoms with van der Waals surface area (Å²) in [5.74, 6) is 0.842. The van der Waals surface area contributed by atoms with Crippen molar-refractivity contribution in [3.63, 3.8) is 0 Å². The number of aryl methyl sites for hydroxylation is 1. The number of methoxy groups -OCH3 is 1. The van der Waals surface area contributed by atoms with Crippen molar-refractivity contribution >= 4 is 11.9 Å². The van der Waals surface area contributed by atoms with Crippen molar-refractivity contribution in [1.82, 2.24) is 0 Å². The molecule has 0 heterocycles. The van der Waals surface area contributed by atoms with Crippen LogP contribution in [-0.2, 0) is 17.3 Å². The number of nitrogens with zero attached hydrogens (tertiary/aromatic N) is 2. The molecule has 1 aliphatic carbocycles. The highest BCUT2D eigenvalue weighted by atomic mass is 16.5. The Bertz CT molecular complexity index is 934. The van der Waals surface area contributed by atoms with Gasteiger partial charge < -0.3 is 4.74 Å². The van der Waals surface area contributed by atoms with Crippen LogP contribution in [0.5, 0.6) is 5.75 Å². The van der Waals surface area contributed by atoms with Crippen molar-refractivity contribution in [2.24, 2.45) is 10.2 Å². The van der Waals surface area contributed by atoms with E-state index in [2.05, 4.69) is 63.9 Å². The standard InChI is InChI=1S/C26H34N2O/c1-8-20-15-23-24(26(5,6)14-13-25(23,3)4)16-22(20)18(2)28-27-17-19-9-11-21(29-7)12-10-19/h9-12,15-17H,8,13-14H2,1-7H3/b27-17+,28-18+. The minimum Gasteiger partial charge on any atom is -0.497 e. The first-order chi connectivity index (χ1) is 13.7. The van der Waals surface area contributed by atoms with E-state index in [1.165, 1.54) is 35.1 Å².